The topological polar surface area (TPSA) is 58.6 Å². The highest BCUT2D eigenvalue weighted by Crippen LogP contribution is 2.28. The van der Waals surface area contributed by atoms with Crippen LogP contribution in [-0.2, 0) is 9.59 Å². The molecule has 0 spiro atoms. The number of ether oxygens (including phenoxy) is 1. The minimum atomic E-state index is -1.08. The van der Waals surface area contributed by atoms with Crippen LogP contribution < -0.4 is 15.0 Å². The summed E-state index contributed by atoms with van der Waals surface area (Å²) in [5.74, 6) is -2.62. The summed E-state index contributed by atoms with van der Waals surface area (Å²) in [6, 6.07) is 17.5. The van der Waals surface area contributed by atoms with Gasteiger partial charge in [-0.1, -0.05) is 29.8 Å². The molecule has 0 aromatic heterocycles. The zero-order chi connectivity index (χ0) is 22.8. The van der Waals surface area contributed by atoms with Crippen molar-refractivity contribution in [3.05, 3.63) is 94.5 Å². The molecule has 0 atom stereocenters. The van der Waals surface area contributed by atoms with E-state index in [1.165, 1.54) is 0 Å². The molecule has 0 unspecified atom stereocenters. The summed E-state index contributed by atoms with van der Waals surface area (Å²) in [4.78, 5) is 26.4. The number of hydrogen-bond acceptors (Lipinski definition) is 4. The van der Waals surface area contributed by atoms with Crippen molar-refractivity contribution in [2.24, 2.45) is 0 Å². The molecule has 0 aliphatic carbocycles. The second kappa shape index (κ2) is 8.86. The van der Waals surface area contributed by atoms with Gasteiger partial charge < -0.3 is 4.74 Å². The molecule has 2 amide bonds. The van der Waals surface area contributed by atoms with Crippen LogP contribution in [0.2, 0.25) is 5.02 Å². The molecule has 3 aromatic rings. The molecular weight excluding hydrogens is 458 g/mol. The number of hydrogen-bond donors (Lipinski definition) is 1. The Kier molecular flexibility index (Phi) is 5.98. The first kappa shape index (κ1) is 21.6. The van der Waals surface area contributed by atoms with Crippen LogP contribution in [-0.4, -0.2) is 16.9 Å². The Balaban J connectivity index is 1.65. The van der Waals surface area contributed by atoms with Crippen LogP contribution in [0, 0.1) is 11.6 Å². The van der Waals surface area contributed by atoms with Gasteiger partial charge in [-0.05, 0) is 66.8 Å². The van der Waals surface area contributed by atoms with Gasteiger partial charge in [0.15, 0.2) is 10.9 Å². The monoisotopic (exact) mass is 470 g/mol. The average molecular weight is 471 g/mol. The second-order valence-corrected chi connectivity index (χ2v) is 7.42. The van der Waals surface area contributed by atoms with Gasteiger partial charge in [0.2, 0.25) is 0 Å². The number of benzene rings is 3. The Labute approximate surface area is 191 Å². The minimum Gasteiger partial charge on any atom is -0.457 e. The van der Waals surface area contributed by atoms with Gasteiger partial charge in [0.25, 0.3) is 11.8 Å². The summed E-state index contributed by atoms with van der Waals surface area (Å²) in [6.45, 7) is 0. The molecule has 1 heterocycles. The van der Waals surface area contributed by atoms with Crippen molar-refractivity contribution in [2.75, 3.05) is 4.90 Å². The first-order valence-corrected chi connectivity index (χ1v) is 10.0. The number of anilines is 1. The molecule has 3 aromatic carbocycles. The number of carbonyl (C=O) groups is 2. The standard InChI is InChI=1S/C23H13ClF2N2O3S/c24-18-10-11-19(25)16(20(18)26)12-17-21(29)27-23(32)28(22(17)30)13-6-8-15(9-7-13)31-14-4-2-1-3-5-14/h1-12H,(H,27,29,32)/b17-12+. The van der Waals surface area contributed by atoms with Gasteiger partial charge in [0, 0.05) is 5.56 Å². The molecule has 160 valence electrons. The van der Waals surface area contributed by atoms with Crippen molar-refractivity contribution in [2.45, 2.75) is 0 Å². The van der Waals surface area contributed by atoms with Crippen molar-refractivity contribution in [1.82, 2.24) is 5.32 Å². The van der Waals surface area contributed by atoms with Crippen molar-refractivity contribution in [3.8, 4) is 11.5 Å². The van der Waals surface area contributed by atoms with Crippen molar-refractivity contribution >= 4 is 52.5 Å². The summed E-state index contributed by atoms with van der Waals surface area (Å²) in [5, 5.41) is 1.85. The largest absolute Gasteiger partial charge is 0.457 e. The number of thiocarbonyl (C=S) groups is 1. The van der Waals surface area contributed by atoms with Crippen LogP contribution in [0.5, 0.6) is 11.5 Å². The maximum absolute atomic E-state index is 14.3. The second-order valence-electron chi connectivity index (χ2n) is 6.62. The Morgan fingerprint density at radius 2 is 1.59 bits per heavy atom. The Morgan fingerprint density at radius 1 is 0.938 bits per heavy atom. The highest BCUT2D eigenvalue weighted by atomic mass is 35.5. The Hall–Kier alpha value is -3.62. The van der Waals surface area contributed by atoms with E-state index in [-0.39, 0.29) is 10.1 Å². The molecule has 5 nitrogen and oxygen atoms in total. The summed E-state index contributed by atoms with van der Waals surface area (Å²) in [5.41, 5.74) is -0.767. The molecule has 4 rings (SSSR count). The van der Waals surface area contributed by atoms with E-state index in [1.807, 2.05) is 18.2 Å². The van der Waals surface area contributed by atoms with Gasteiger partial charge in [-0.3, -0.25) is 19.8 Å². The lowest BCUT2D eigenvalue weighted by molar-refractivity contribution is -0.122. The number of carbonyl (C=O) groups excluding carboxylic acids is 2. The lowest BCUT2D eigenvalue weighted by atomic mass is 10.1. The van der Waals surface area contributed by atoms with E-state index in [9.17, 15) is 18.4 Å². The zero-order valence-electron chi connectivity index (χ0n) is 16.1. The molecule has 32 heavy (non-hydrogen) atoms. The number of nitrogens with one attached hydrogen (secondary N) is 1. The van der Waals surface area contributed by atoms with E-state index in [1.54, 1.807) is 36.4 Å². The lowest BCUT2D eigenvalue weighted by Gasteiger charge is -2.29. The third kappa shape index (κ3) is 4.23. The minimum absolute atomic E-state index is 0.166. The number of amides is 2. The predicted molar refractivity (Wildman–Crippen MR) is 121 cm³/mol. The predicted octanol–water partition coefficient (Wildman–Crippen LogP) is 5.24. The van der Waals surface area contributed by atoms with E-state index in [2.05, 4.69) is 5.32 Å². The quantitative estimate of drug-likeness (QED) is 0.245. The van der Waals surface area contributed by atoms with Crippen LogP contribution in [0.25, 0.3) is 6.08 Å². The van der Waals surface area contributed by atoms with E-state index < -0.39 is 34.6 Å². The fourth-order valence-corrected chi connectivity index (χ4v) is 3.45. The third-order valence-electron chi connectivity index (χ3n) is 4.54. The molecule has 1 N–H and O–H groups in total. The number of rotatable bonds is 4. The van der Waals surface area contributed by atoms with Gasteiger partial charge in [0.1, 0.15) is 22.9 Å². The third-order valence-corrected chi connectivity index (χ3v) is 5.12. The normalized spacial score (nSPS) is 15.2. The fourth-order valence-electron chi connectivity index (χ4n) is 3.00. The molecular formula is C23H13ClF2N2O3S. The molecule has 1 saturated heterocycles. The highest BCUT2D eigenvalue weighted by molar-refractivity contribution is 7.80. The van der Waals surface area contributed by atoms with E-state index >= 15 is 0 Å². The Bertz CT molecular complexity index is 1260. The van der Waals surface area contributed by atoms with Gasteiger partial charge in [-0.15, -0.1) is 0 Å². The fraction of sp³-hybridized carbons (Fsp3) is 0. The van der Waals surface area contributed by atoms with Crippen molar-refractivity contribution in [3.63, 3.8) is 0 Å². The summed E-state index contributed by atoms with van der Waals surface area (Å²) in [6.07, 6.45) is 0.815. The molecule has 0 saturated carbocycles. The van der Waals surface area contributed by atoms with Crippen LogP contribution in [0.15, 0.2) is 72.3 Å². The first-order chi connectivity index (χ1) is 15.3. The number of nitrogens with zero attached hydrogens (tertiary/aromatic N) is 1. The van der Waals surface area contributed by atoms with Crippen LogP contribution in [0.1, 0.15) is 5.56 Å². The first-order valence-electron chi connectivity index (χ1n) is 9.23. The van der Waals surface area contributed by atoms with Crippen LogP contribution in [0.4, 0.5) is 14.5 Å². The zero-order valence-corrected chi connectivity index (χ0v) is 17.7. The summed E-state index contributed by atoms with van der Waals surface area (Å²) in [7, 11) is 0. The smallest absolute Gasteiger partial charge is 0.270 e. The highest BCUT2D eigenvalue weighted by Gasteiger charge is 2.35. The molecule has 1 fully saturated rings. The van der Waals surface area contributed by atoms with Gasteiger partial charge >= 0.3 is 0 Å². The van der Waals surface area contributed by atoms with Crippen molar-refractivity contribution < 1.29 is 23.1 Å². The van der Waals surface area contributed by atoms with E-state index in [0.717, 1.165) is 23.1 Å². The van der Waals surface area contributed by atoms with E-state index in [0.29, 0.717) is 17.2 Å². The van der Waals surface area contributed by atoms with Gasteiger partial charge in [0.05, 0.1) is 10.7 Å². The van der Waals surface area contributed by atoms with Gasteiger partial charge in [-0.2, -0.15) is 0 Å². The van der Waals surface area contributed by atoms with E-state index in [4.69, 9.17) is 28.6 Å². The molecule has 9 heteroatoms. The van der Waals surface area contributed by atoms with Crippen molar-refractivity contribution in [1.29, 1.82) is 0 Å². The average Bonchev–Trinajstić information content (AvgIpc) is 2.77. The summed E-state index contributed by atoms with van der Waals surface area (Å²) >= 11 is 10.8. The van der Waals surface area contributed by atoms with Crippen LogP contribution >= 0.6 is 23.8 Å². The summed E-state index contributed by atoms with van der Waals surface area (Å²) < 4.78 is 34.1. The van der Waals surface area contributed by atoms with Crippen LogP contribution in [0.3, 0.4) is 0 Å². The maximum Gasteiger partial charge on any atom is 0.270 e. The molecule has 1 aliphatic rings. The molecule has 1 aliphatic heterocycles. The molecule has 0 radical (unpaired) electrons. The lowest BCUT2D eigenvalue weighted by Crippen LogP contribution is -2.54. The molecule has 0 bridgehead atoms. The SMILES string of the molecule is O=C1NC(=S)N(c2ccc(Oc3ccccc3)cc2)C(=O)/C1=C/c1c(F)ccc(Cl)c1F. The maximum atomic E-state index is 14.3. The number of para-hydroxylation sites is 1. The Morgan fingerprint density at radius 3 is 2.28 bits per heavy atom. The van der Waals surface area contributed by atoms with Gasteiger partial charge in [-0.25, -0.2) is 8.78 Å². The number of halogens is 3.